The second kappa shape index (κ2) is 12.2. The van der Waals surface area contributed by atoms with Crippen LogP contribution >= 0.6 is 11.8 Å². The molecular formula is C18H28O5S. The number of benzene rings is 1. The zero-order valence-corrected chi connectivity index (χ0v) is 15.6. The Hall–Kier alpha value is -1.24. The first-order valence-corrected chi connectivity index (χ1v) is 9.29. The molecule has 136 valence electrons. The van der Waals surface area contributed by atoms with Crippen LogP contribution in [0.4, 0.5) is 0 Å². The van der Waals surface area contributed by atoms with Gasteiger partial charge in [0.05, 0.1) is 13.2 Å². The topological polar surface area (TPSA) is 65.0 Å². The maximum Gasteiger partial charge on any atom is 0.344 e. The zero-order chi connectivity index (χ0) is 17.8. The fourth-order valence-electron chi connectivity index (χ4n) is 2.11. The Balaban J connectivity index is 2.52. The molecule has 1 unspecified atom stereocenters. The number of carbonyl (C=O) groups excluding carboxylic acids is 1. The molecule has 1 N–H and O–H groups in total. The third-order valence-corrected chi connectivity index (χ3v) is 4.60. The Bertz CT molecular complexity index is 492. The lowest BCUT2D eigenvalue weighted by atomic mass is 10.1. The minimum absolute atomic E-state index is 0.0753. The summed E-state index contributed by atoms with van der Waals surface area (Å²) < 4.78 is 15.8. The Morgan fingerprint density at radius 3 is 2.71 bits per heavy atom. The van der Waals surface area contributed by atoms with Gasteiger partial charge in [-0.1, -0.05) is 0 Å². The highest BCUT2D eigenvalue weighted by Crippen LogP contribution is 2.27. The second-order valence-electron chi connectivity index (χ2n) is 5.37. The van der Waals surface area contributed by atoms with Crippen molar-refractivity contribution in [3.05, 3.63) is 23.8 Å². The molecule has 1 rings (SSSR count). The third kappa shape index (κ3) is 8.04. The lowest BCUT2D eigenvalue weighted by Gasteiger charge is -2.16. The fourth-order valence-corrected chi connectivity index (χ4v) is 3.22. The zero-order valence-electron chi connectivity index (χ0n) is 14.7. The largest absolute Gasteiger partial charge is 0.482 e. The van der Waals surface area contributed by atoms with Gasteiger partial charge in [-0.2, -0.15) is 0 Å². The molecule has 0 bridgehead atoms. The van der Waals surface area contributed by atoms with E-state index in [1.165, 1.54) is 0 Å². The van der Waals surface area contributed by atoms with Crippen LogP contribution in [0.2, 0.25) is 0 Å². The van der Waals surface area contributed by atoms with Crippen LogP contribution in [0, 0.1) is 12.8 Å². The quantitative estimate of drug-likeness (QED) is 0.459. The number of carbonyl (C=O) groups is 1. The van der Waals surface area contributed by atoms with Gasteiger partial charge in [-0.05, 0) is 56.9 Å². The standard InChI is InChI=1S/C18H28O5S/c1-4-21-11-15(8-9-19)13-24-16-6-7-17(14(3)10-16)23-12-18(20)22-5-2/h6-7,10,15,19H,4-5,8-9,11-13H2,1-3H3. The number of ether oxygens (including phenoxy) is 3. The van der Waals surface area contributed by atoms with Crippen LogP contribution in [0.1, 0.15) is 25.8 Å². The van der Waals surface area contributed by atoms with Gasteiger partial charge in [-0.3, -0.25) is 0 Å². The van der Waals surface area contributed by atoms with Crippen molar-refractivity contribution in [1.29, 1.82) is 0 Å². The summed E-state index contributed by atoms with van der Waals surface area (Å²) >= 11 is 1.74. The van der Waals surface area contributed by atoms with E-state index < -0.39 is 0 Å². The van der Waals surface area contributed by atoms with E-state index in [2.05, 4.69) is 0 Å². The van der Waals surface area contributed by atoms with Crippen LogP contribution in [0.5, 0.6) is 5.75 Å². The average Bonchev–Trinajstić information content (AvgIpc) is 2.56. The Kier molecular flexibility index (Phi) is 10.5. The van der Waals surface area contributed by atoms with E-state index >= 15 is 0 Å². The summed E-state index contributed by atoms with van der Waals surface area (Å²) in [5.74, 6) is 1.55. The second-order valence-corrected chi connectivity index (χ2v) is 6.46. The van der Waals surface area contributed by atoms with Gasteiger partial charge in [0.25, 0.3) is 0 Å². The van der Waals surface area contributed by atoms with E-state index in [1.807, 2.05) is 32.0 Å². The monoisotopic (exact) mass is 356 g/mol. The van der Waals surface area contributed by atoms with Crippen molar-refractivity contribution in [2.24, 2.45) is 5.92 Å². The molecule has 0 heterocycles. The first kappa shape index (κ1) is 20.8. The molecular weight excluding hydrogens is 328 g/mol. The van der Waals surface area contributed by atoms with E-state index in [0.29, 0.717) is 31.5 Å². The first-order chi connectivity index (χ1) is 11.6. The lowest BCUT2D eigenvalue weighted by molar-refractivity contribution is -0.145. The summed E-state index contributed by atoms with van der Waals surface area (Å²) in [6.07, 6.45) is 0.743. The molecule has 0 aliphatic carbocycles. The molecule has 5 nitrogen and oxygen atoms in total. The molecule has 1 aromatic rings. The van der Waals surface area contributed by atoms with Gasteiger partial charge in [0.1, 0.15) is 5.75 Å². The maximum atomic E-state index is 11.3. The molecule has 0 amide bonds. The molecule has 6 heteroatoms. The molecule has 0 radical (unpaired) electrons. The number of hydrogen-bond acceptors (Lipinski definition) is 6. The van der Waals surface area contributed by atoms with E-state index in [0.717, 1.165) is 22.6 Å². The van der Waals surface area contributed by atoms with Gasteiger partial charge in [-0.15, -0.1) is 11.8 Å². The molecule has 1 atom stereocenters. The summed E-state index contributed by atoms with van der Waals surface area (Å²) in [5.41, 5.74) is 0.979. The molecule has 1 aromatic carbocycles. The minimum atomic E-state index is -0.363. The maximum absolute atomic E-state index is 11.3. The van der Waals surface area contributed by atoms with Gasteiger partial charge in [0.15, 0.2) is 6.61 Å². The van der Waals surface area contributed by atoms with Gasteiger partial charge in [-0.25, -0.2) is 4.79 Å². The molecule has 0 saturated heterocycles. The SMILES string of the molecule is CCOCC(CCO)CSc1ccc(OCC(=O)OCC)c(C)c1. The molecule has 0 aromatic heterocycles. The number of aliphatic hydroxyl groups is 1. The highest BCUT2D eigenvalue weighted by atomic mass is 32.2. The van der Waals surface area contributed by atoms with E-state index in [9.17, 15) is 4.79 Å². The number of aryl methyl sites for hydroxylation is 1. The number of rotatable bonds is 12. The Labute approximate surface area is 148 Å². The predicted octanol–water partition coefficient (Wildman–Crippen LogP) is 3.06. The minimum Gasteiger partial charge on any atom is -0.482 e. The summed E-state index contributed by atoms with van der Waals surface area (Å²) in [5, 5.41) is 9.14. The van der Waals surface area contributed by atoms with Gasteiger partial charge < -0.3 is 19.3 Å². The van der Waals surface area contributed by atoms with Crippen molar-refractivity contribution in [2.75, 3.05) is 38.8 Å². The molecule has 0 spiro atoms. The number of esters is 1. The molecule has 0 aliphatic heterocycles. The van der Waals surface area contributed by atoms with Crippen LogP contribution in [0.15, 0.2) is 23.1 Å². The summed E-state index contributed by atoms with van der Waals surface area (Å²) in [6, 6.07) is 5.90. The summed E-state index contributed by atoms with van der Waals surface area (Å²) in [6.45, 7) is 7.52. The van der Waals surface area contributed by atoms with Crippen LogP contribution in [-0.4, -0.2) is 49.9 Å². The van der Waals surface area contributed by atoms with E-state index in [1.54, 1.807) is 18.7 Å². The van der Waals surface area contributed by atoms with Crippen molar-refractivity contribution in [3.8, 4) is 5.75 Å². The van der Waals surface area contributed by atoms with Crippen molar-refractivity contribution in [2.45, 2.75) is 32.1 Å². The molecule has 0 fully saturated rings. The van der Waals surface area contributed by atoms with Gasteiger partial charge >= 0.3 is 5.97 Å². The van der Waals surface area contributed by atoms with E-state index in [4.69, 9.17) is 19.3 Å². The van der Waals surface area contributed by atoms with Crippen LogP contribution in [0.25, 0.3) is 0 Å². The van der Waals surface area contributed by atoms with Crippen molar-refractivity contribution in [3.63, 3.8) is 0 Å². The first-order valence-electron chi connectivity index (χ1n) is 8.31. The summed E-state index contributed by atoms with van der Waals surface area (Å²) in [4.78, 5) is 12.5. The van der Waals surface area contributed by atoms with Crippen molar-refractivity contribution >= 4 is 17.7 Å². The number of thioether (sulfide) groups is 1. The predicted molar refractivity (Wildman–Crippen MR) is 95.7 cm³/mol. The Morgan fingerprint density at radius 2 is 2.08 bits per heavy atom. The van der Waals surface area contributed by atoms with Crippen LogP contribution < -0.4 is 4.74 Å². The van der Waals surface area contributed by atoms with Crippen LogP contribution in [-0.2, 0) is 14.3 Å². The lowest BCUT2D eigenvalue weighted by Crippen LogP contribution is -2.15. The Morgan fingerprint density at radius 1 is 1.29 bits per heavy atom. The smallest absolute Gasteiger partial charge is 0.344 e. The van der Waals surface area contributed by atoms with E-state index in [-0.39, 0.29) is 19.2 Å². The highest BCUT2D eigenvalue weighted by Gasteiger charge is 2.11. The highest BCUT2D eigenvalue weighted by molar-refractivity contribution is 7.99. The molecule has 24 heavy (non-hydrogen) atoms. The fraction of sp³-hybridized carbons (Fsp3) is 0.611. The van der Waals surface area contributed by atoms with Crippen molar-refractivity contribution < 1.29 is 24.1 Å². The number of aliphatic hydroxyl groups excluding tert-OH is 1. The normalized spacial score (nSPS) is 12.0. The van der Waals surface area contributed by atoms with Crippen LogP contribution in [0.3, 0.4) is 0 Å². The summed E-state index contributed by atoms with van der Waals surface area (Å²) in [7, 11) is 0. The van der Waals surface area contributed by atoms with Gasteiger partial charge in [0.2, 0.25) is 0 Å². The van der Waals surface area contributed by atoms with Crippen molar-refractivity contribution in [1.82, 2.24) is 0 Å². The average molecular weight is 356 g/mol. The molecule has 0 aliphatic rings. The third-order valence-electron chi connectivity index (χ3n) is 3.38. The molecule has 0 saturated carbocycles. The van der Waals surface area contributed by atoms with Gasteiger partial charge in [0, 0.05) is 23.9 Å². The number of hydrogen-bond donors (Lipinski definition) is 1.